The van der Waals surface area contributed by atoms with Crippen LogP contribution < -0.4 is 5.73 Å². The van der Waals surface area contributed by atoms with E-state index in [1.54, 1.807) is 24.3 Å². The summed E-state index contributed by atoms with van der Waals surface area (Å²) in [5.41, 5.74) is 6.70. The van der Waals surface area contributed by atoms with Crippen molar-refractivity contribution in [3.8, 4) is 0 Å². The molecule has 0 aromatic heterocycles. The summed E-state index contributed by atoms with van der Waals surface area (Å²) in [6, 6.07) is 6.82. The van der Waals surface area contributed by atoms with Gasteiger partial charge in [-0.15, -0.1) is 0 Å². The van der Waals surface area contributed by atoms with Crippen molar-refractivity contribution in [1.82, 2.24) is 0 Å². The lowest BCUT2D eigenvalue weighted by molar-refractivity contribution is 1.50. The van der Waals surface area contributed by atoms with Crippen LogP contribution in [0.2, 0.25) is 0 Å². The molecule has 0 aliphatic carbocycles. The predicted octanol–water partition coefficient (Wildman–Crippen LogP) is 2.85. The summed E-state index contributed by atoms with van der Waals surface area (Å²) in [4.78, 5) is 3.21. The van der Waals surface area contributed by atoms with Crippen LogP contribution in [0.1, 0.15) is 13.8 Å². The van der Waals surface area contributed by atoms with Crippen LogP contribution in [0.3, 0.4) is 0 Å². The number of benzene rings is 1. The highest BCUT2D eigenvalue weighted by molar-refractivity contribution is 5.51. The van der Waals surface area contributed by atoms with Crippen molar-refractivity contribution in [2.24, 2.45) is 0 Å². The number of rotatable bonds is 0. The van der Waals surface area contributed by atoms with Gasteiger partial charge in [-0.2, -0.15) is 0 Å². The summed E-state index contributed by atoms with van der Waals surface area (Å²) < 4.78 is 0. The summed E-state index contributed by atoms with van der Waals surface area (Å²) in [5.74, 6) is 0. The molecule has 1 rings (SSSR count). The van der Waals surface area contributed by atoms with E-state index in [0.29, 0.717) is 11.4 Å². The molecule has 2 nitrogen and oxygen atoms in total. The van der Waals surface area contributed by atoms with Gasteiger partial charge in [0.05, 0.1) is 6.57 Å². The molecule has 0 unspecified atom stereocenters. The number of nitrogens with two attached hydrogens (primary N) is 1. The Labute approximate surface area is 67.5 Å². The van der Waals surface area contributed by atoms with Crippen LogP contribution in [0.15, 0.2) is 24.3 Å². The summed E-state index contributed by atoms with van der Waals surface area (Å²) in [5, 5.41) is 0. The Hall–Kier alpha value is -1.49. The van der Waals surface area contributed by atoms with Gasteiger partial charge in [-0.1, -0.05) is 26.0 Å². The van der Waals surface area contributed by atoms with Crippen molar-refractivity contribution in [2.45, 2.75) is 13.8 Å². The Morgan fingerprint density at radius 2 is 1.64 bits per heavy atom. The fourth-order valence-corrected chi connectivity index (χ4v) is 0.549. The first kappa shape index (κ1) is 9.51. The van der Waals surface area contributed by atoms with Crippen LogP contribution in [0, 0.1) is 6.57 Å². The van der Waals surface area contributed by atoms with E-state index in [1.165, 1.54) is 0 Å². The van der Waals surface area contributed by atoms with Crippen molar-refractivity contribution >= 4 is 11.4 Å². The minimum Gasteiger partial charge on any atom is -0.399 e. The molecule has 58 valence electrons. The summed E-state index contributed by atoms with van der Waals surface area (Å²) in [6.45, 7) is 10.6. The van der Waals surface area contributed by atoms with Crippen molar-refractivity contribution < 1.29 is 0 Å². The summed E-state index contributed by atoms with van der Waals surface area (Å²) in [6.07, 6.45) is 0. The molecule has 0 saturated heterocycles. The van der Waals surface area contributed by atoms with Crippen molar-refractivity contribution in [2.75, 3.05) is 5.73 Å². The molecule has 0 atom stereocenters. The number of anilines is 1. The van der Waals surface area contributed by atoms with Crippen LogP contribution in [0.25, 0.3) is 4.85 Å². The van der Waals surface area contributed by atoms with E-state index >= 15 is 0 Å². The first-order chi connectivity index (χ1) is 5.33. The normalized spacial score (nSPS) is 7.36. The Kier molecular flexibility index (Phi) is 4.59. The van der Waals surface area contributed by atoms with E-state index in [9.17, 15) is 0 Å². The third kappa shape index (κ3) is 3.27. The average molecular weight is 148 g/mol. The molecular weight excluding hydrogens is 136 g/mol. The number of hydrogen-bond acceptors (Lipinski definition) is 1. The van der Waals surface area contributed by atoms with Crippen LogP contribution in [0.4, 0.5) is 11.4 Å². The van der Waals surface area contributed by atoms with E-state index < -0.39 is 0 Å². The number of nitrogens with zero attached hydrogens (tertiary/aromatic N) is 1. The maximum atomic E-state index is 6.60. The number of nitrogen functional groups attached to an aromatic ring is 1. The van der Waals surface area contributed by atoms with Gasteiger partial charge in [0.1, 0.15) is 0 Å². The van der Waals surface area contributed by atoms with Crippen LogP contribution in [-0.2, 0) is 0 Å². The van der Waals surface area contributed by atoms with Crippen LogP contribution >= 0.6 is 0 Å². The molecule has 0 aliphatic heterocycles. The Morgan fingerprint density at radius 3 is 2.00 bits per heavy atom. The van der Waals surface area contributed by atoms with Crippen LogP contribution in [-0.4, -0.2) is 0 Å². The molecule has 0 heterocycles. The first-order valence-electron chi connectivity index (χ1n) is 3.56. The average Bonchev–Trinajstić information content (AvgIpc) is 2.10. The van der Waals surface area contributed by atoms with Gasteiger partial charge in [0.15, 0.2) is 5.69 Å². The minimum absolute atomic E-state index is 0.629. The van der Waals surface area contributed by atoms with Crippen LogP contribution in [0.5, 0.6) is 0 Å². The van der Waals surface area contributed by atoms with Gasteiger partial charge in [0.2, 0.25) is 0 Å². The standard InChI is InChI=1S/C7H6N2.C2H6/c1-9-7-4-2-6(8)3-5-7;1-2/h2-5H,8H2;1-2H3. The summed E-state index contributed by atoms with van der Waals surface area (Å²) >= 11 is 0. The molecule has 0 spiro atoms. The van der Waals surface area contributed by atoms with Crippen molar-refractivity contribution in [3.63, 3.8) is 0 Å². The third-order valence-corrected chi connectivity index (χ3v) is 1.02. The highest BCUT2D eigenvalue weighted by atomic mass is 14.6. The Bertz CT molecular complexity index is 231. The minimum atomic E-state index is 0.629. The molecule has 1 aromatic carbocycles. The quantitative estimate of drug-likeness (QED) is 0.445. The lowest BCUT2D eigenvalue weighted by Crippen LogP contribution is -1.80. The third-order valence-electron chi connectivity index (χ3n) is 1.02. The van der Waals surface area contributed by atoms with E-state index in [-0.39, 0.29) is 0 Å². The maximum absolute atomic E-state index is 6.60. The van der Waals surface area contributed by atoms with Gasteiger partial charge in [-0.05, 0) is 12.1 Å². The number of hydrogen-bond donors (Lipinski definition) is 1. The summed E-state index contributed by atoms with van der Waals surface area (Å²) in [7, 11) is 0. The van der Waals surface area contributed by atoms with Crippen molar-refractivity contribution in [3.05, 3.63) is 35.7 Å². The van der Waals surface area contributed by atoms with Gasteiger partial charge >= 0.3 is 0 Å². The van der Waals surface area contributed by atoms with E-state index in [1.807, 2.05) is 13.8 Å². The molecule has 2 heteroatoms. The van der Waals surface area contributed by atoms with Gasteiger partial charge < -0.3 is 5.73 Å². The molecule has 0 radical (unpaired) electrons. The molecular formula is C9H12N2. The highest BCUT2D eigenvalue weighted by Crippen LogP contribution is 2.12. The van der Waals surface area contributed by atoms with Gasteiger partial charge in [0.25, 0.3) is 0 Å². The molecule has 0 bridgehead atoms. The molecule has 0 saturated carbocycles. The van der Waals surface area contributed by atoms with E-state index in [0.717, 1.165) is 0 Å². The molecule has 11 heavy (non-hydrogen) atoms. The van der Waals surface area contributed by atoms with Crippen molar-refractivity contribution in [1.29, 1.82) is 0 Å². The molecule has 0 aliphatic rings. The van der Waals surface area contributed by atoms with E-state index in [2.05, 4.69) is 4.85 Å². The largest absolute Gasteiger partial charge is 0.399 e. The fraction of sp³-hybridized carbons (Fsp3) is 0.222. The smallest absolute Gasteiger partial charge is 0.187 e. The second kappa shape index (κ2) is 5.31. The molecule has 0 amide bonds. The highest BCUT2D eigenvalue weighted by Gasteiger charge is 1.85. The Morgan fingerprint density at radius 1 is 1.18 bits per heavy atom. The second-order valence-corrected chi connectivity index (χ2v) is 1.70. The van der Waals surface area contributed by atoms with Gasteiger partial charge in [-0.3, -0.25) is 0 Å². The van der Waals surface area contributed by atoms with E-state index in [4.69, 9.17) is 12.3 Å². The zero-order valence-electron chi connectivity index (χ0n) is 6.83. The lowest BCUT2D eigenvalue weighted by atomic mass is 10.3. The monoisotopic (exact) mass is 148 g/mol. The first-order valence-corrected chi connectivity index (χ1v) is 3.56. The van der Waals surface area contributed by atoms with Gasteiger partial charge in [0, 0.05) is 5.69 Å². The molecule has 1 aromatic rings. The predicted molar refractivity (Wildman–Crippen MR) is 48.5 cm³/mol. The second-order valence-electron chi connectivity index (χ2n) is 1.70. The molecule has 0 fully saturated rings. The Balaban J connectivity index is 0.000000461. The zero-order chi connectivity index (χ0) is 8.69. The SMILES string of the molecule is CC.[C-]#[N+]c1ccc(N)cc1. The lowest BCUT2D eigenvalue weighted by Gasteiger charge is -1.88. The zero-order valence-corrected chi connectivity index (χ0v) is 6.83. The topological polar surface area (TPSA) is 30.4 Å². The maximum Gasteiger partial charge on any atom is 0.187 e. The fourth-order valence-electron chi connectivity index (χ4n) is 0.549. The molecule has 2 N–H and O–H groups in total. The van der Waals surface area contributed by atoms with Gasteiger partial charge in [-0.25, -0.2) is 4.85 Å².